The zero-order valence-corrected chi connectivity index (χ0v) is 11.8. The minimum atomic E-state index is 0.366. The van der Waals surface area contributed by atoms with Gasteiger partial charge in [0, 0.05) is 5.56 Å². The molecule has 0 atom stereocenters. The van der Waals surface area contributed by atoms with Crippen molar-refractivity contribution in [1.29, 1.82) is 0 Å². The molecule has 5 nitrogen and oxygen atoms in total. The number of hydrazone groups is 1. The highest BCUT2D eigenvalue weighted by atomic mass is 16.5. The molecule has 3 aromatic rings. The average Bonchev–Trinajstić information content (AvgIpc) is 2.95. The Bertz CT molecular complexity index is 760. The Morgan fingerprint density at radius 2 is 1.90 bits per heavy atom. The van der Waals surface area contributed by atoms with Crippen LogP contribution >= 0.6 is 0 Å². The van der Waals surface area contributed by atoms with E-state index in [1.165, 1.54) is 0 Å². The molecular weight excluding hydrogens is 266 g/mol. The Morgan fingerprint density at radius 1 is 1.14 bits per heavy atom. The number of nitrogens with one attached hydrogen (secondary N) is 1. The fraction of sp³-hybridized carbons (Fsp3) is 0.125. The summed E-state index contributed by atoms with van der Waals surface area (Å²) in [5.74, 6) is 0.776. The molecule has 1 N–H and O–H groups in total. The zero-order valence-electron chi connectivity index (χ0n) is 11.8. The summed E-state index contributed by atoms with van der Waals surface area (Å²) in [4.78, 5) is 4.30. The van der Waals surface area contributed by atoms with Gasteiger partial charge in [-0.3, -0.25) is 0 Å². The quantitative estimate of drug-likeness (QED) is 0.585. The summed E-state index contributed by atoms with van der Waals surface area (Å²) >= 11 is 0. The van der Waals surface area contributed by atoms with Gasteiger partial charge in [0.25, 0.3) is 0 Å². The van der Waals surface area contributed by atoms with E-state index in [1.807, 2.05) is 55.5 Å². The van der Waals surface area contributed by atoms with Gasteiger partial charge in [-0.05, 0) is 31.2 Å². The molecule has 106 valence electrons. The van der Waals surface area contributed by atoms with E-state index in [0.717, 1.165) is 28.1 Å². The zero-order chi connectivity index (χ0) is 14.7. The molecular formula is C16H15N3O2. The van der Waals surface area contributed by atoms with Crippen LogP contribution in [0.4, 0.5) is 6.01 Å². The minimum Gasteiger partial charge on any atom is -0.496 e. The van der Waals surface area contributed by atoms with Gasteiger partial charge in [-0.15, -0.1) is 0 Å². The topological polar surface area (TPSA) is 59.6 Å². The Labute approximate surface area is 122 Å². The van der Waals surface area contributed by atoms with Crippen LogP contribution in [0.25, 0.3) is 11.1 Å². The maximum Gasteiger partial charge on any atom is 0.316 e. The first-order valence-electron chi connectivity index (χ1n) is 6.57. The molecule has 0 saturated carbocycles. The van der Waals surface area contributed by atoms with Crippen molar-refractivity contribution in [1.82, 2.24) is 4.98 Å². The molecule has 0 aliphatic rings. The van der Waals surface area contributed by atoms with E-state index in [1.54, 1.807) is 7.11 Å². The Balaban J connectivity index is 1.84. The van der Waals surface area contributed by atoms with E-state index in [9.17, 15) is 0 Å². The summed E-state index contributed by atoms with van der Waals surface area (Å²) < 4.78 is 10.9. The highest BCUT2D eigenvalue weighted by molar-refractivity contribution is 6.01. The maximum atomic E-state index is 5.55. The molecule has 0 unspecified atom stereocenters. The van der Waals surface area contributed by atoms with Crippen molar-refractivity contribution < 1.29 is 9.15 Å². The van der Waals surface area contributed by atoms with Crippen molar-refractivity contribution in [3.8, 4) is 5.75 Å². The van der Waals surface area contributed by atoms with Crippen molar-refractivity contribution in [2.75, 3.05) is 12.5 Å². The largest absolute Gasteiger partial charge is 0.496 e. The number of oxazole rings is 1. The number of hydrogen-bond acceptors (Lipinski definition) is 5. The van der Waals surface area contributed by atoms with Crippen LogP contribution in [0.5, 0.6) is 5.75 Å². The van der Waals surface area contributed by atoms with Gasteiger partial charge in [0.05, 0.1) is 12.8 Å². The Morgan fingerprint density at radius 3 is 2.71 bits per heavy atom. The van der Waals surface area contributed by atoms with Crippen LogP contribution in [0.2, 0.25) is 0 Å². The Kier molecular flexibility index (Phi) is 3.55. The van der Waals surface area contributed by atoms with Crippen LogP contribution in [0.15, 0.2) is 58.0 Å². The van der Waals surface area contributed by atoms with Crippen LogP contribution in [-0.2, 0) is 0 Å². The second-order valence-corrected chi connectivity index (χ2v) is 4.50. The number of nitrogens with zero attached hydrogens (tertiary/aromatic N) is 2. The molecule has 0 radical (unpaired) electrons. The fourth-order valence-corrected chi connectivity index (χ4v) is 2.06. The van der Waals surface area contributed by atoms with Crippen molar-refractivity contribution in [2.24, 2.45) is 5.10 Å². The lowest BCUT2D eigenvalue weighted by atomic mass is 10.1. The molecule has 1 heterocycles. The predicted octanol–water partition coefficient (Wildman–Crippen LogP) is 3.67. The predicted molar refractivity (Wildman–Crippen MR) is 82.8 cm³/mol. The van der Waals surface area contributed by atoms with Crippen LogP contribution in [0.1, 0.15) is 12.5 Å². The van der Waals surface area contributed by atoms with E-state index in [-0.39, 0.29) is 0 Å². The molecule has 0 aliphatic carbocycles. The third kappa shape index (κ3) is 2.72. The van der Waals surface area contributed by atoms with E-state index in [2.05, 4.69) is 15.5 Å². The number of ether oxygens (including phenoxy) is 1. The summed E-state index contributed by atoms with van der Waals surface area (Å²) in [6, 6.07) is 15.6. The SMILES string of the molecule is COc1ccccc1/C(C)=N\Nc1nc2ccccc2o1. The monoisotopic (exact) mass is 281 g/mol. The van der Waals surface area contributed by atoms with Crippen molar-refractivity contribution in [3.05, 3.63) is 54.1 Å². The second-order valence-electron chi connectivity index (χ2n) is 4.50. The first-order chi connectivity index (χ1) is 10.3. The van der Waals surface area contributed by atoms with Crippen LogP contribution in [-0.4, -0.2) is 17.8 Å². The molecule has 0 aliphatic heterocycles. The number of anilines is 1. The molecule has 2 aromatic carbocycles. The third-order valence-corrected chi connectivity index (χ3v) is 3.11. The first kappa shape index (κ1) is 13.2. The molecule has 0 spiro atoms. The van der Waals surface area contributed by atoms with Crippen molar-refractivity contribution >= 4 is 22.8 Å². The van der Waals surface area contributed by atoms with Gasteiger partial charge in [-0.25, -0.2) is 5.43 Å². The molecule has 21 heavy (non-hydrogen) atoms. The summed E-state index contributed by atoms with van der Waals surface area (Å²) in [5.41, 5.74) is 6.07. The number of hydrogen-bond donors (Lipinski definition) is 1. The van der Waals surface area contributed by atoms with Gasteiger partial charge in [0.2, 0.25) is 0 Å². The molecule has 0 bridgehead atoms. The summed E-state index contributed by atoms with van der Waals surface area (Å²) in [6.07, 6.45) is 0. The van der Waals surface area contributed by atoms with E-state index < -0.39 is 0 Å². The van der Waals surface area contributed by atoms with Crippen LogP contribution < -0.4 is 10.2 Å². The van der Waals surface area contributed by atoms with Gasteiger partial charge < -0.3 is 9.15 Å². The normalized spacial score (nSPS) is 11.6. The maximum absolute atomic E-state index is 5.55. The molecule has 5 heteroatoms. The summed E-state index contributed by atoms with van der Waals surface area (Å²) in [5, 5.41) is 4.30. The number of fused-ring (bicyclic) bond motifs is 1. The lowest BCUT2D eigenvalue weighted by Crippen LogP contribution is -2.02. The van der Waals surface area contributed by atoms with Crippen molar-refractivity contribution in [3.63, 3.8) is 0 Å². The number of methoxy groups -OCH3 is 1. The van der Waals surface area contributed by atoms with Crippen LogP contribution in [0.3, 0.4) is 0 Å². The lowest BCUT2D eigenvalue weighted by Gasteiger charge is -2.07. The number of rotatable bonds is 4. The van der Waals surface area contributed by atoms with Gasteiger partial charge in [-0.2, -0.15) is 10.1 Å². The molecule has 0 amide bonds. The highest BCUT2D eigenvalue weighted by Gasteiger charge is 2.07. The highest BCUT2D eigenvalue weighted by Crippen LogP contribution is 2.20. The average molecular weight is 281 g/mol. The summed E-state index contributed by atoms with van der Waals surface area (Å²) in [7, 11) is 1.64. The first-order valence-corrected chi connectivity index (χ1v) is 6.57. The van der Waals surface area contributed by atoms with E-state index in [0.29, 0.717) is 6.01 Å². The van der Waals surface area contributed by atoms with Gasteiger partial charge in [-0.1, -0.05) is 24.3 Å². The summed E-state index contributed by atoms with van der Waals surface area (Å²) in [6.45, 7) is 1.90. The van der Waals surface area contributed by atoms with Gasteiger partial charge >= 0.3 is 6.01 Å². The minimum absolute atomic E-state index is 0.366. The van der Waals surface area contributed by atoms with Crippen molar-refractivity contribution in [2.45, 2.75) is 6.92 Å². The second kappa shape index (κ2) is 5.66. The fourth-order valence-electron chi connectivity index (χ4n) is 2.06. The van der Waals surface area contributed by atoms with Crippen LogP contribution in [0, 0.1) is 0 Å². The van der Waals surface area contributed by atoms with Gasteiger partial charge in [0.1, 0.15) is 11.3 Å². The molecule has 0 fully saturated rings. The lowest BCUT2D eigenvalue weighted by molar-refractivity contribution is 0.414. The third-order valence-electron chi connectivity index (χ3n) is 3.11. The smallest absolute Gasteiger partial charge is 0.316 e. The van der Waals surface area contributed by atoms with E-state index >= 15 is 0 Å². The van der Waals surface area contributed by atoms with E-state index in [4.69, 9.17) is 9.15 Å². The number of para-hydroxylation sites is 3. The number of benzene rings is 2. The standard InChI is InChI=1S/C16H15N3O2/c1-11(12-7-3-5-9-14(12)20-2)18-19-16-17-13-8-4-6-10-15(13)21-16/h3-10H,1-2H3,(H,17,19)/b18-11-. The number of aromatic nitrogens is 1. The molecule has 0 saturated heterocycles. The molecule has 3 rings (SSSR count). The molecule has 1 aromatic heterocycles. The van der Waals surface area contributed by atoms with Gasteiger partial charge in [0.15, 0.2) is 5.58 Å². The Hall–Kier alpha value is -2.82.